The Morgan fingerprint density at radius 3 is 2.56 bits per heavy atom. The largest absolute Gasteiger partial charge is 0.497 e. The minimum absolute atomic E-state index is 0.0143. The number of hydrogen-bond donors (Lipinski definition) is 1. The first-order valence-electron chi connectivity index (χ1n) is 10.4. The number of nitrogens with one attached hydrogen (secondary N) is 1. The topological polar surface area (TPSA) is 80.8 Å². The smallest absolute Gasteiger partial charge is 0.260 e. The van der Waals surface area contributed by atoms with Crippen LogP contribution in [-0.4, -0.2) is 48.5 Å². The van der Waals surface area contributed by atoms with E-state index >= 15 is 0 Å². The van der Waals surface area contributed by atoms with E-state index in [2.05, 4.69) is 10.3 Å². The van der Waals surface area contributed by atoms with Crippen LogP contribution in [0.2, 0.25) is 0 Å². The fourth-order valence-corrected chi connectivity index (χ4v) is 5.16. The molecule has 32 heavy (non-hydrogen) atoms. The van der Waals surface area contributed by atoms with Crippen LogP contribution in [0.1, 0.15) is 18.5 Å². The summed E-state index contributed by atoms with van der Waals surface area (Å²) in [5, 5.41) is 7.99. The first kappa shape index (κ1) is 22.3. The number of piperidine rings is 1. The van der Waals surface area contributed by atoms with Crippen molar-refractivity contribution in [3.63, 3.8) is 0 Å². The molecular weight excluding hydrogens is 446 g/mol. The van der Waals surface area contributed by atoms with Gasteiger partial charge in [0.25, 0.3) is 5.91 Å². The molecule has 3 aromatic rings. The molecule has 1 fully saturated rings. The number of likely N-dealkylation sites (tertiary alicyclic amines) is 1. The lowest BCUT2D eigenvalue weighted by Crippen LogP contribution is -2.44. The number of carbonyl (C=O) groups excluding carboxylic acids is 2. The van der Waals surface area contributed by atoms with Gasteiger partial charge in [-0.2, -0.15) is 0 Å². The van der Waals surface area contributed by atoms with E-state index in [9.17, 15) is 9.59 Å². The molecule has 1 aromatic carbocycles. The van der Waals surface area contributed by atoms with E-state index in [1.807, 2.05) is 22.9 Å². The molecule has 1 N–H and O–H groups in total. The van der Waals surface area contributed by atoms with Crippen molar-refractivity contribution in [3.8, 4) is 21.4 Å². The summed E-state index contributed by atoms with van der Waals surface area (Å²) in [5.41, 5.74) is 0.870. The third kappa shape index (κ3) is 5.66. The SMILES string of the molecule is COc1ccc(OCC(=O)N2CCC(C(=O)NCc3csc(-c4cccs4)n3)CC2)cc1. The highest BCUT2D eigenvalue weighted by Crippen LogP contribution is 2.28. The molecule has 1 aliphatic rings. The van der Waals surface area contributed by atoms with Crippen LogP contribution >= 0.6 is 22.7 Å². The summed E-state index contributed by atoms with van der Waals surface area (Å²) in [6.45, 7) is 1.53. The Morgan fingerprint density at radius 2 is 1.88 bits per heavy atom. The third-order valence-corrected chi connectivity index (χ3v) is 7.30. The molecular formula is C23H25N3O4S2. The number of ether oxygens (including phenoxy) is 2. The molecule has 168 valence electrons. The number of aromatic nitrogens is 1. The van der Waals surface area contributed by atoms with Crippen molar-refractivity contribution in [2.75, 3.05) is 26.8 Å². The maximum absolute atomic E-state index is 12.6. The second-order valence-corrected chi connectivity index (χ2v) is 9.26. The Morgan fingerprint density at radius 1 is 1.12 bits per heavy atom. The van der Waals surface area contributed by atoms with Crippen molar-refractivity contribution in [2.45, 2.75) is 19.4 Å². The predicted molar refractivity (Wildman–Crippen MR) is 125 cm³/mol. The van der Waals surface area contributed by atoms with Gasteiger partial charge in [-0.15, -0.1) is 22.7 Å². The van der Waals surface area contributed by atoms with Gasteiger partial charge in [0.15, 0.2) is 6.61 Å². The Balaban J connectivity index is 1.18. The number of carbonyl (C=O) groups is 2. The van der Waals surface area contributed by atoms with Gasteiger partial charge in [-0.25, -0.2) is 4.98 Å². The summed E-state index contributed by atoms with van der Waals surface area (Å²) in [4.78, 5) is 32.5. The normalized spacial score (nSPS) is 14.2. The highest BCUT2D eigenvalue weighted by molar-refractivity contribution is 7.20. The summed E-state index contributed by atoms with van der Waals surface area (Å²) in [6, 6.07) is 11.2. The first-order valence-corrected chi connectivity index (χ1v) is 12.2. The standard InChI is InChI=1S/C23H25N3O4S2/c1-29-18-4-6-19(7-5-18)30-14-21(27)26-10-8-16(9-11-26)22(28)24-13-17-15-32-23(25-17)20-3-2-12-31-20/h2-7,12,15-16H,8-11,13-14H2,1H3,(H,24,28). The highest BCUT2D eigenvalue weighted by atomic mass is 32.1. The number of methoxy groups -OCH3 is 1. The zero-order chi connectivity index (χ0) is 22.3. The maximum atomic E-state index is 12.6. The highest BCUT2D eigenvalue weighted by Gasteiger charge is 2.27. The van der Waals surface area contributed by atoms with Gasteiger partial charge < -0.3 is 19.7 Å². The number of thiazole rings is 1. The molecule has 1 aliphatic heterocycles. The Labute approximate surface area is 195 Å². The van der Waals surface area contributed by atoms with Crippen LogP contribution in [-0.2, 0) is 16.1 Å². The minimum atomic E-state index is -0.0861. The summed E-state index contributed by atoms with van der Waals surface area (Å²) in [7, 11) is 1.60. The summed E-state index contributed by atoms with van der Waals surface area (Å²) < 4.78 is 10.7. The molecule has 0 aliphatic carbocycles. The van der Waals surface area contributed by atoms with E-state index in [-0.39, 0.29) is 24.3 Å². The van der Waals surface area contributed by atoms with Gasteiger partial charge in [-0.3, -0.25) is 9.59 Å². The van der Waals surface area contributed by atoms with E-state index < -0.39 is 0 Å². The molecule has 0 bridgehead atoms. The summed E-state index contributed by atoms with van der Waals surface area (Å²) in [6.07, 6.45) is 1.30. The Hall–Kier alpha value is -2.91. The Bertz CT molecular complexity index is 1030. The number of thiophene rings is 1. The van der Waals surface area contributed by atoms with E-state index in [0.29, 0.717) is 38.2 Å². The van der Waals surface area contributed by atoms with Gasteiger partial charge >= 0.3 is 0 Å². The molecule has 0 saturated carbocycles. The number of benzene rings is 1. The molecule has 0 unspecified atom stereocenters. The molecule has 0 radical (unpaired) electrons. The van der Waals surface area contributed by atoms with Gasteiger partial charge in [-0.1, -0.05) is 6.07 Å². The maximum Gasteiger partial charge on any atom is 0.260 e. The van der Waals surface area contributed by atoms with Crippen LogP contribution in [0.25, 0.3) is 9.88 Å². The quantitative estimate of drug-likeness (QED) is 0.540. The van der Waals surface area contributed by atoms with Gasteiger partial charge in [-0.05, 0) is 48.6 Å². The first-order chi connectivity index (χ1) is 15.6. The predicted octanol–water partition coefficient (Wildman–Crippen LogP) is 3.81. The summed E-state index contributed by atoms with van der Waals surface area (Å²) in [5.74, 6) is 1.23. The van der Waals surface area contributed by atoms with Gasteiger partial charge in [0, 0.05) is 24.4 Å². The molecule has 2 aromatic heterocycles. The van der Waals surface area contributed by atoms with Gasteiger partial charge in [0.05, 0.1) is 24.2 Å². The molecule has 0 atom stereocenters. The fraction of sp³-hybridized carbons (Fsp3) is 0.348. The molecule has 4 rings (SSSR count). The van der Waals surface area contributed by atoms with Crippen LogP contribution in [0.4, 0.5) is 0 Å². The lowest BCUT2D eigenvalue weighted by Gasteiger charge is -2.31. The molecule has 2 amide bonds. The average Bonchev–Trinajstić information content (AvgIpc) is 3.53. The average molecular weight is 472 g/mol. The van der Waals surface area contributed by atoms with Crippen molar-refractivity contribution in [1.82, 2.24) is 15.2 Å². The van der Waals surface area contributed by atoms with Gasteiger partial charge in [0.1, 0.15) is 16.5 Å². The van der Waals surface area contributed by atoms with Crippen molar-refractivity contribution in [1.29, 1.82) is 0 Å². The van der Waals surface area contributed by atoms with Crippen LogP contribution < -0.4 is 14.8 Å². The molecule has 7 nitrogen and oxygen atoms in total. The van der Waals surface area contributed by atoms with Crippen LogP contribution in [0.15, 0.2) is 47.2 Å². The van der Waals surface area contributed by atoms with E-state index in [1.54, 1.807) is 58.9 Å². The van der Waals surface area contributed by atoms with Crippen molar-refractivity contribution >= 4 is 34.5 Å². The molecule has 1 saturated heterocycles. The zero-order valence-electron chi connectivity index (χ0n) is 17.8. The number of amides is 2. The van der Waals surface area contributed by atoms with E-state index in [0.717, 1.165) is 21.3 Å². The summed E-state index contributed by atoms with van der Waals surface area (Å²) >= 11 is 3.25. The monoisotopic (exact) mass is 471 g/mol. The lowest BCUT2D eigenvalue weighted by atomic mass is 9.96. The van der Waals surface area contributed by atoms with Crippen LogP contribution in [0, 0.1) is 5.92 Å². The van der Waals surface area contributed by atoms with E-state index in [4.69, 9.17) is 9.47 Å². The van der Waals surface area contributed by atoms with Crippen molar-refractivity contribution in [3.05, 3.63) is 52.9 Å². The van der Waals surface area contributed by atoms with Crippen LogP contribution in [0.3, 0.4) is 0 Å². The Kier molecular flexibility index (Phi) is 7.39. The van der Waals surface area contributed by atoms with Crippen LogP contribution in [0.5, 0.6) is 11.5 Å². The second-order valence-electron chi connectivity index (χ2n) is 7.46. The van der Waals surface area contributed by atoms with E-state index in [1.165, 1.54) is 0 Å². The minimum Gasteiger partial charge on any atom is -0.497 e. The molecule has 3 heterocycles. The number of rotatable bonds is 8. The molecule has 9 heteroatoms. The van der Waals surface area contributed by atoms with Crippen molar-refractivity contribution in [2.24, 2.45) is 5.92 Å². The fourth-order valence-electron chi connectivity index (χ4n) is 3.52. The number of hydrogen-bond acceptors (Lipinski definition) is 7. The third-order valence-electron chi connectivity index (χ3n) is 5.37. The second kappa shape index (κ2) is 10.6. The lowest BCUT2D eigenvalue weighted by molar-refractivity contribution is -0.137. The van der Waals surface area contributed by atoms with Gasteiger partial charge in [0.2, 0.25) is 5.91 Å². The van der Waals surface area contributed by atoms with Crippen molar-refractivity contribution < 1.29 is 19.1 Å². The zero-order valence-corrected chi connectivity index (χ0v) is 19.4. The molecule has 0 spiro atoms. The number of nitrogens with zero attached hydrogens (tertiary/aromatic N) is 2.